The summed E-state index contributed by atoms with van der Waals surface area (Å²) in [5.41, 5.74) is 5.28. The van der Waals surface area contributed by atoms with Crippen LogP contribution in [0, 0.1) is 17.8 Å². The average Bonchev–Trinajstić information content (AvgIpc) is 3.52. The number of nitrogens with one attached hydrogen (secondary N) is 2. The van der Waals surface area contributed by atoms with E-state index in [-0.39, 0.29) is 61.4 Å². The fourth-order valence-electron chi connectivity index (χ4n) is 3.91. The summed E-state index contributed by atoms with van der Waals surface area (Å²) >= 11 is 8.82. The fraction of sp³-hybridized carbons (Fsp3) is 0.688. The third kappa shape index (κ3) is 27.4. The van der Waals surface area contributed by atoms with Gasteiger partial charge in [-0.15, -0.1) is 0 Å². The van der Waals surface area contributed by atoms with Crippen molar-refractivity contribution in [1.82, 2.24) is 20.4 Å². The van der Waals surface area contributed by atoms with Crippen molar-refractivity contribution in [2.75, 3.05) is 32.7 Å². The molecule has 0 atom stereocenters. The predicted molar refractivity (Wildman–Crippen MR) is 197 cm³/mol. The van der Waals surface area contributed by atoms with Gasteiger partial charge in [0, 0.05) is 77.4 Å². The Morgan fingerprint density at radius 1 is 0.638 bits per heavy atom. The first-order valence-corrected chi connectivity index (χ1v) is 20.7. The largest absolute Gasteiger partial charge is 0.356 e. The van der Waals surface area contributed by atoms with Gasteiger partial charge in [-0.1, -0.05) is 41.5 Å². The summed E-state index contributed by atoms with van der Waals surface area (Å²) < 4.78 is 0. The number of amides is 6. The summed E-state index contributed by atoms with van der Waals surface area (Å²) in [4.78, 5) is 70.0. The number of nitrogens with zero attached hydrogens (tertiary/aromatic N) is 2. The first-order valence-electron chi connectivity index (χ1n) is 16.1. The van der Waals surface area contributed by atoms with Crippen LogP contribution in [0.15, 0.2) is 24.3 Å². The van der Waals surface area contributed by atoms with Crippen LogP contribution in [0.3, 0.4) is 0 Å². The molecule has 0 unspecified atom stereocenters. The molecule has 47 heavy (non-hydrogen) atoms. The molecule has 0 saturated carbocycles. The number of hydrogen-bond acceptors (Lipinski definition) is 9. The van der Waals surface area contributed by atoms with Gasteiger partial charge in [-0.05, 0) is 86.4 Å². The van der Waals surface area contributed by atoms with E-state index in [2.05, 4.69) is 75.8 Å². The Hall–Kier alpha value is -2.30. The molecule has 4 N–H and O–H groups in total. The lowest BCUT2D eigenvalue weighted by molar-refractivity contribution is -0.139. The van der Waals surface area contributed by atoms with Gasteiger partial charge in [0.2, 0.25) is 11.8 Å². The molecule has 0 fully saturated rings. The molecule has 0 aromatic heterocycles. The maximum Gasteiger partial charge on any atom is 0.253 e. The quantitative estimate of drug-likeness (QED) is 0.102. The van der Waals surface area contributed by atoms with Crippen molar-refractivity contribution in [2.45, 2.75) is 92.9 Å². The summed E-state index contributed by atoms with van der Waals surface area (Å²) in [7, 11) is 1.74. The van der Waals surface area contributed by atoms with Crippen LogP contribution in [0.25, 0.3) is 0 Å². The Bertz CT molecular complexity index is 959. The lowest BCUT2D eigenvalue weighted by atomic mass is 10.1. The second-order valence-electron chi connectivity index (χ2n) is 12.1. The fourth-order valence-corrected chi connectivity index (χ4v) is 3.91. The lowest BCUT2D eigenvalue weighted by Crippen LogP contribution is -2.35. The second kappa shape index (κ2) is 29.8. The molecule has 0 aliphatic carbocycles. The molecule has 6 amide bonds. The third-order valence-corrected chi connectivity index (χ3v) is 9.17. The van der Waals surface area contributed by atoms with Crippen molar-refractivity contribution in [2.24, 2.45) is 23.5 Å². The van der Waals surface area contributed by atoms with Crippen LogP contribution in [-0.2, 0) is 52.4 Å². The number of carbonyl (C=O) groups is 6. The van der Waals surface area contributed by atoms with E-state index in [1.54, 1.807) is 0 Å². The zero-order valence-corrected chi connectivity index (χ0v) is 32.3. The van der Waals surface area contributed by atoms with Gasteiger partial charge in [-0.2, -0.15) is 0 Å². The van der Waals surface area contributed by atoms with Gasteiger partial charge in [-0.3, -0.25) is 38.6 Å². The number of carbonyl (C=O) groups excluding carboxylic acids is 6. The van der Waals surface area contributed by atoms with E-state index in [0.717, 1.165) is 62.0 Å². The highest BCUT2D eigenvalue weighted by Crippen LogP contribution is 2.10. The summed E-state index contributed by atoms with van der Waals surface area (Å²) in [6, 6.07) is 0. The molecule has 0 saturated heterocycles. The molecule has 266 valence electrons. The molecule has 11 nitrogen and oxygen atoms in total. The number of hydrogen-bond donors (Lipinski definition) is 3. The minimum atomic E-state index is -0.340. The van der Waals surface area contributed by atoms with Crippen LogP contribution < -0.4 is 16.4 Å². The summed E-state index contributed by atoms with van der Waals surface area (Å²) in [6.45, 7) is 15.4. The first kappa shape index (κ1) is 46.8. The van der Waals surface area contributed by atoms with Crippen molar-refractivity contribution < 1.29 is 28.8 Å². The van der Waals surface area contributed by atoms with Crippen LogP contribution in [0.2, 0.25) is 0 Å². The number of nitrogens with two attached hydrogens (primary N) is 1. The van der Waals surface area contributed by atoms with E-state index in [0.29, 0.717) is 24.9 Å². The van der Waals surface area contributed by atoms with E-state index in [1.165, 1.54) is 37.1 Å². The second-order valence-corrected chi connectivity index (χ2v) is 16.3. The molecule has 2 aliphatic heterocycles. The van der Waals surface area contributed by atoms with E-state index in [1.807, 2.05) is 0 Å². The number of rotatable bonds is 18. The molecule has 15 heteroatoms. The Morgan fingerprint density at radius 2 is 0.936 bits per heavy atom. The Balaban J connectivity index is 0. The summed E-state index contributed by atoms with van der Waals surface area (Å²) in [5.74, 6) is 0.488. The van der Waals surface area contributed by atoms with Crippen molar-refractivity contribution >= 4 is 73.1 Å². The Kier molecular flexibility index (Phi) is 29.7. The van der Waals surface area contributed by atoms with Crippen LogP contribution >= 0.6 is 14.1 Å². The van der Waals surface area contributed by atoms with Crippen LogP contribution in [-0.4, -0.2) is 78.0 Å². The molecule has 0 radical (unpaired) electrons. The van der Waals surface area contributed by atoms with Gasteiger partial charge >= 0.3 is 0 Å². The first-order chi connectivity index (χ1) is 22.2. The SMILES string of the molecule is CC(C)CCCN.CC(C)CCCNC(=O)CCN1C(=O)C=CC1=O.CC(C)CCCNC(=O)CCN1C(=O)C=CC1=O.S=PP=S. The van der Waals surface area contributed by atoms with Crippen LogP contribution in [0.1, 0.15) is 92.9 Å². The number of imide groups is 2. The molecule has 2 heterocycles. The van der Waals surface area contributed by atoms with Crippen LogP contribution in [0.4, 0.5) is 0 Å². The molecule has 0 bridgehead atoms. The zero-order valence-electron chi connectivity index (χ0n) is 28.9. The van der Waals surface area contributed by atoms with E-state index in [4.69, 9.17) is 5.73 Å². The van der Waals surface area contributed by atoms with Crippen molar-refractivity contribution in [1.29, 1.82) is 0 Å². The standard InChI is InChI=1S/2C13H20N2O3.C6H15N.P2S2/c2*1-10(2)4-3-8-14-11(16)7-9-15-12(17)5-6-13(15)18;1-6(2)4-3-5-7;3-1-2-4/h2*5-6,10H,3-4,7-9H2,1-2H3,(H,14,16);6H,3-5,7H2,1-2H3;. The van der Waals surface area contributed by atoms with Crippen molar-refractivity contribution in [3.05, 3.63) is 24.3 Å². The minimum absolute atomic E-state index is 0.119. The molecular formula is C32H55N5O6P2S2. The summed E-state index contributed by atoms with van der Waals surface area (Å²) in [5, 5.41) is 5.57. The minimum Gasteiger partial charge on any atom is -0.356 e. The predicted octanol–water partition coefficient (Wildman–Crippen LogP) is 4.81. The monoisotopic (exact) mass is 731 g/mol. The molecule has 2 aliphatic rings. The molecule has 2 rings (SSSR count). The van der Waals surface area contributed by atoms with Crippen LogP contribution in [0.5, 0.6) is 0 Å². The van der Waals surface area contributed by atoms with E-state index >= 15 is 0 Å². The van der Waals surface area contributed by atoms with Gasteiger partial charge in [0.25, 0.3) is 23.6 Å². The molecule has 0 aromatic carbocycles. The molecular weight excluding hydrogens is 676 g/mol. The highest BCUT2D eigenvalue weighted by atomic mass is 32.7. The Labute approximate surface area is 294 Å². The van der Waals surface area contributed by atoms with Gasteiger partial charge in [0.15, 0.2) is 0 Å². The molecule has 0 aromatic rings. The van der Waals surface area contributed by atoms with Gasteiger partial charge < -0.3 is 16.4 Å². The highest BCUT2D eigenvalue weighted by molar-refractivity contribution is 8.40. The highest BCUT2D eigenvalue weighted by Gasteiger charge is 2.24. The van der Waals surface area contributed by atoms with Gasteiger partial charge in [0.05, 0.1) is 0 Å². The van der Waals surface area contributed by atoms with Crippen molar-refractivity contribution in [3.63, 3.8) is 0 Å². The van der Waals surface area contributed by atoms with E-state index < -0.39 is 0 Å². The van der Waals surface area contributed by atoms with E-state index in [9.17, 15) is 28.8 Å². The van der Waals surface area contributed by atoms with Crippen molar-refractivity contribution in [3.8, 4) is 0 Å². The molecule has 0 spiro atoms. The smallest absolute Gasteiger partial charge is 0.253 e. The maximum absolute atomic E-state index is 11.5. The van der Waals surface area contributed by atoms with Gasteiger partial charge in [0.1, 0.15) is 0 Å². The topological polar surface area (TPSA) is 159 Å². The average molecular weight is 732 g/mol. The Morgan fingerprint density at radius 3 is 1.17 bits per heavy atom. The third-order valence-electron chi connectivity index (χ3n) is 6.51. The summed E-state index contributed by atoms with van der Waals surface area (Å²) in [6.07, 6.45) is 11.7. The lowest BCUT2D eigenvalue weighted by Gasteiger charge is -2.13. The normalized spacial score (nSPS) is 13.6. The zero-order chi connectivity index (χ0) is 36.2. The van der Waals surface area contributed by atoms with Gasteiger partial charge in [-0.25, -0.2) is 0 Å². The maximum atomic E-state index is 11.5.